The maximum absolute atomic E-state index is 13.6. The van der Waals surface area contributed by atoms with Crippen molar-refractivity contribution in [2.24, 2.45) is 7.05 Å². The highest BCUT2D eigenvalue weighted by Gasteiger charge is 2.25. The number of halogens is 3. The highest BCUT2D eigenvalue weighted by molar-refractivity contribution is 5.94. The zero-order valence-corrected chi connectivity index (χ0v) is 12.4. The number of hydrogen-bond acceptors (Lipinski definition) is 3. The summed E-state index contributed by atoms with van der Waals surface area (Å²) >= 11 is 0. The third-order valence-corrected chi connectivity index (χ3v) is 4.16. The molecule has 8 heteroatoms. The predicted molar refractivity (Wildman–Crippen MR) is 75.1 cm³/mol. The molecule has 1 fully saturated rings. The van der Waals surface area contributed by atoms with Gasteiger partial charge in [0.05, 0.1) is 12.1 Å². The fourth-order valence-corrected chi connectivity index (χ4v) is 2.51. The van der Waals surface area contributed by atoms with E-state index in [1.165, 1.54) is 6.42 Å². The number of carbonyl (C=O) groups excluding carboxylic acids is 1. The Morgan fingerprint density at radius 3 is 2.65 bits per heavy atom. The van der Waals surface area contributed by atoms with Crippen molar-refractivity contribution in [3.63, 3.8) is 0 Å². The van der Waals surface area contributed by atoms with E-state index in [2.05, 4.69) is 15.5 Å². The SMILES string of the molecule is Cn1c(CNC(=O)c2ccc(F)c(F)c2F)nnc1C1CCC1. The first-order chi connectivity index (χ1) is 11.0. The molecule has 1 aromatic heterocycles. The number of nitrogens with one attached hydrogen (secondary N) is 1. The summed E-state index contributed by atoms with van der Waals surface area (Å²) in [7, 11) is 1.80. The van der Waals surface area contributed by atoms with Gasteiger partial charge in [-0.3, -0.25) is 4.79 Å². The summed E-state index contributed by atoms with van der Waals surface area (Å²) in [6, 6.07) is 1.61. The van der Waals surface area contributed by atoms with Crippen molar-refractivity contribution in [1.82, 2.24) is 20.1 Å². The van der Waals surface area contributed by atoms with Crippen LogP contribution in [0.2, 0.25) is 0 Å². The summed E-state index contributed by atoms with van der Waals surface area (Å²) in [5.41, 5.74) is -0.551. The van der Waals surface area contributed by atoms with Crippen LogP contribution in [0.15, 0.2) is 12.1 Å². The summed E-state index contributed by atoms with van der Waals surface area (Å²) in [6.45, 7) is 0.0213. The van der Waals surface area contributed by atoms with Gasteiger partial charge in [-0.15, -0.1) is 10.2 Å². The first-order valence-corrected chi connectivity index (χ1v) is 7.29. The number of carbonyl (C=O) groups is 1. The molecule has 0 saturated heterocycles. The number of aromatic nitrogens is 3. The number of amides is 1. The van der Waals surface area contributed by atoms with E-state index >= 15 is 0 Å². The second kappa shape index (κ2) is 6.02. The van der Waals surface area contributed by atoms with Crippen LogP contribution in [0.3, 0.4) is 0 Å². The maximum Gasteiger partial charge on any atom is 0.254 e. The molecule has 3 rings (SSSR count). The molecule has 23 heavy (non-hydrogen) atoms. The van der Waals surface area contributed by atoms with Crippen molar-refractivity contribution in [2.75, 3.05) is 0 Å². The topological polar surface area (TPSA) is 59.8 Å². The van der Waals surface area contributed by atoms with E-state index in [0.717, 1.165) is 24.7 Å². The molecular weight excluding hydrogens is 309 g/mol. The molecule has 1 aliphatic carbocycles. The molecule has 1 N–H and O–H groups in total. The van der Waals surface area contributed by atoms with Crippen LogP contribution in [0.1, 0.15) is 47.2 Å². The normalized spacial score (nSPS) is 14.6. The second-order valence-electron chi connectivity index (χ2n) is 5.57. The van der Waals surface area contributed by atoms with Gasteiger partial charge >= 0.3 is 0 Å². The second-order valence-corrected chi connectivity index (χ2v) is 5.57. The maximum atomic E-state index is 13.6. The van der Waals surface area contributed by atoms with E-state index in [1.54, 1.807) is 11.6 Å². The zero-order valence-electron chi connectivity index (χ0n) is 12.4. The van der Waals surface area contributed by atoms with E-state index in [9.17, 15) is 18.0 Å². The number of hydrogen-bond donors (Lipinski definition) is 1. The van der Waals surface area contributed by atoms with Gasteiger partial charge in [-0.1, -0.05) is 6.42 Å². The minimum Gasteiger partial charge on any atom is -0.345 e. The van der Waals surface area contributed by atoms with Gasteiger partial charge in [0.1, 0.15) is 5.82 Å². The van der Waals surface area contributed by atoms with E-state index < -0.39 is 28.9 Å². The average Bonchev–Trinajstić information content (AvgIpc) is 2.82. The van der Waals surface area contributed by atoms with Gasteiger partial charge in [-0.2, -0.15) is 0 Å². The highest BCUT2D eigenvalue weighted by Crippen LogP contribution is 2.35. The molecule has 0 unspecified atom stereocenters. The van der Waals surface area contributed by atoms with E-state index in [-0.39, 0.29) is 6.54 Å². The first kappa shape index (κ1) is 15.5. The predicted octanol–water partition coefficient (Wildman–Crippen LogP) is 2.43. The summed E-state index contributed by atoms with van der Waals surface area (Å²) in [4.78, 5) is 11.9. The van der Waals surface area contributed by atoms with Gasteiger partial charge in [-0.05, 0) is 25.0 Å². The fourth-order valence-electron chi connectivity index (χ4n) is 2.51. The largest absolute Gasteiger partial charge is 0.345 e. The summed E-state index contributed by atoms with van der Waals surface area (Å²) < 4.78 is 41.4. The van der Waals surface area contributed by atoms with Crippen LogP contribution in [-0.2, 0) is 13.6 Å². The Kier molecular flexibility index (Phi) is 4.06. The van der Waals surface area contributed by atoms with Crippen molar-refractivity contribution >= 4 is 5.91 Å². The minimum absolute atomic E-state index is 0.0213. The van der Waals surface area contributed by atoms with E-state index in [4.69, 9.17) is 0 Å². The van der Waals surface area contributed by atoms with E-state index in [0.29, 0.717) is 17.8 Å². The van der Waals surface area contributed by atoms with Crippen LogP contribution in [-0.4, -0.2) is 20.7 Å². The Hall–Kier alpha value is -2.38. The van der Waals surface area contributed by atoms with Crippen molar-refractivity contribution in [3.05, 3.63) is 46.8 Å². The summed E-state index contributed by atoms with van der Waals surface area (Å²) in [5, 5.41) is 10.6. The Labute approximate surface area is 130 Å². The molecule has 1 saturated carbocycles. The number of rotatable bonds is 4. The molecule has 0 radical (unpaired) electrons. The lowest BCUT2D eigenvalue weighted by Crippen LogP contribution is -2.26. The van der Waals surface area contributed by atoms with Crippen molar-refractivity contribution in [2.45, 2.75) is 31.7 Å². The zero-order chi connectivity index (χ0) is 16.6. The monoisotopic (exact) mass is 324 g/mol. The quantitative estimate of drug-likeness (QED) is 0.879. The lowest BCUT2D eigenvalue weighted by Gasteiger charge is -2.24. The molecule has 1 aromatic carbocycles. The molecule has 5 nitrogen and oxygen atoms in total. The molecule has 1 amide bonds. The Balaban J connectivity index is 1.70. The van der Waals surface area contributed by atoms with Gasteiger partial charge in [0, 0.05) is 13.0 Å². The van der Waals surface area contributed by atoms with Gasteiger partial charge in [0.25, 0.3) is 5.91 Å². The molecule has 0 bridgehead atoms. The molecule has 0 spiro atoms. The van der Waals surface area contributed by atoms with Crippen molar-refractivity contribution in [3.8, 4) is 0 Å². The summed E-state index contributed by atoms with van der Waals surface area (Å²) in [5.74, 6) is -3.57. The van der Waals surface area contributed by atoms with Crippen LogP contribution < -0.4 is 5.32 Å². The van der Waals surface area contributed by atoms with Gasteiger partial charge in [0.2, 0.25) is 0 Å². The average molecular weight is 324 g/mol. The standard InChI is InChI=1S/C15H15F3N4O/c1-22-11(20-21-14(22)8-3-2-4-8)7-19-15(23)9-5-6-10(16)13(18)12(9)17/h5-6,8H,2-4,7H2,1H3,(H,19,23). The number of nitrogens with zero attached hydrogens (tertiary/aromatic N) is 3. The van der Waals surface area contributed by atoms with Crippen LogP contribution in [0, 0.1) is 17.5 Å². The molecule has 1 heterocycles. The number of benzene rings is 1. The van der Waals surface area contributed by atoms with Crippen LogP contribution in [0.5, 0.6) is 0 Å². The van der Waals surface area contributed by atoms with Crippen molar-refractivity contribution in [1.29, 1.82) is 0 Å². The lowest BCUT2D eigenvalue weighted by molar-refractivity contribution is 0.0944. The molecule has 122 valence electrons. The van der Waals surface area contributed by atoms with Crippen LogP contribution in [0.4, 0.5) is 13.2 Å². The van der Waals surface area contributed by atoms with Gasteiger partial charge in [-0.25, -0.2) is 13.2 Å². The third kappa shape index (κ3) is 2.80. The fraction of sp³-hybridized carbons (Fsp3) is 0.400. The van der Waals surface area contributed by atoms with Crippen molar-refractivity contribution < 1.29 is 18.0 Å². The molecule has 0 atom stereocenters. The smallest absolute Gasteiger partial charge is 0.254 e. The minimum atomic E-state index is -1.66. The summed E-state index contributed by atoms with van der Waals surface area (Å²) in [6.07, 6.45) is 3.30. The molecule has 0 aliphatic heterocycles. The molecule has 2 aromatic rings. The molecular formula is C15H15F3N4O. The highest BCUT2D eigenvalue weighted by atomic mass is 19.2. The van der Waals surface area contributed by atoms with Crippen LogP contribution in [0.25, 0.3) is 0 Å². The van der Waals surface area contributed by atoms with Gasteiger partial charge < -0.3 is 9.88 Å². The van der Waals surface area contributed by atoms with Gasteiger partial charge in [0.15, 0.2) is 23.3 Å². The van der Waals surface area contributed by atoms with Crippen LogP contribution >= 0.6 is 0 Å². The first-order valence-electron chi connectivity index (χ1n) is 7.29. The Bertz CT molecular complexity index is 755. The Morgan fingerprint density at radius 2 is 2.00 bits per heavy atom. The van der Waals surface area contributed by atoms with E-state index in [1.807, 2.05) is 0 Å². The third-order valence-electron chi connectivity index (χ3n) is 4.16. The lowest BCUT2D eigenvalue weighted by atomic mass is 9.85. The Morgan fingerprint density at radius 1 is 1.26 bits per heavy atom. The molecule has 1 aliphatic rings.